The number of halogens is 1. The summed E-state index contributed by atoms with van der Waals surface area (Å²) in [5.41, 5.74) is -0.728. The molecule has 88 valence electrons. The van der Waals surface area contributed by atoms with Crippen LogP contribution < -0.4 is 5.56 Å². The van der Waals surface area contributed by atoms with Gasteiger partial charge in [-0.15, -0.1) is 0 Å². The molecule has 1 rings (SSSR count). The van der Waals surface area contributed by atoms with E-state index in [9.17, 15) is 9.59 Å². The van der Waals surface area contributed by atoms with Crippen molar-refractivity contribution in [2.75, 3.05) is 0 Å². The summed E-state index contributed by atoms with van der Waals surface area (Å²) in [5.74, 6) is -0.406. The first-order chi connectivity index (χ1) is 7.28. The molecule has 0 fully saturated rings. The summed E-state index contributed by atoms with van der Waals surface area (Å²) in [7, 11) is 0. The lowest BCUT2D eigenvalue weighted by Gasteiger charge is -2.19. The highest BCUT2D eigenvalue weighted by Crippen LogP contribution is 2.07. The fourth-order valence-corrected chi connectivity index (χ4v) is 1.65. The number of rotatable bonds is 2. The molecule has 0 aliphatic rings. The zero-order chi connectivity index (χ0) is 12.3. The van der Waals surface area contributed by atoms with Crippen LogP contribution in [0.3, 0.4) is 0 Å². The topological polar surface area (TPSA) is 48.3 Å². The van der Waals surface area contributed by atoms with Gasteiger partial charge in [-0.2, -0.15) is 0 Å². The highest BCUT2D eigenvalue weighted by molar-refractivity contribution is 14.1. The van der Waals surface area contributed by atoms with E-state index in [2.05, 4.69) is 22.6 Å². The van der Waals surface area contributed by atoms with Crippen molar-refractivity contribution in [3.8, 4) is 0 Å². The average molecular weight is 335 g/mol. The van der Waals surface area contributed by atoms with Crippen LogP contribution in [0.5, 0.6) is 0 Å². The second-order valence-corrected chi connectivity index (χ2v) is 5.65. The zero-order valence-corrected chi connectivity index (χ0v) is 11.6. The fraction of sp³-hybridized carbons (Fsp3) is 0.455. The van der Waals surface area contributed by atoms with E-state index in [0.29, 0.717) is 0 Å². The van der Waals surface area contributed by atoms with Crippen molar-refractivity contribution in [3.05, 3.63) is 32.3 Å². The van der Waals surface area contributed by atoms with Gasteiger partial charge in [0, 0.05) is 15.8 Å². The third-order valence-corrected chi connectivity index (χ3v) is 2.30. The number of pyridine rings is 1. The normalized spacial score (nSPS) is 11.2. The molecule has 0 saturated carbocycles. The van der Waals surface area contributed by atoms with Gasteiger partial charge in [0.25, 0.3) is 5.56 Å². The fourth-order valence-electron chi connectivity index (χ4n) is 1.14. The average Bonchev–Trinajstić information content (AvgIpc) is 2.08. The summed E-state index contributed by atoms with van der Waals surface area (Å²) >= 11 is 2.09. The molecule has 0 radical (unpaired) electrons. The van der Waals surface area contributed by atoms with Crippen molar-refractivity contribution >= 4 is 28.6 Å². The van der Waals surface area contributed by atoms with Crippen molar-refractivity contribution in [2.24, 2.45) is 0 Å². The maximum atomic E-state index is 11.5. The van der Waals surface area contributed by atoms with E-state index in [0.717, 1.165) is 3.57 Å². The summed E-state index contributed by atoms with van der Waals surface area (Å²) < 4.78 is 7.38. The number of aromatic nitrogens is 1. The predicted molar refractivity (Wildman–Crippen MR) is 69.3 cm³/mol. The molecule has 0 aromatic carbocycles. The third-order valence-electron chi connectivity index (χ3n) is 1.67. The summed E-state index contributed by atoms with van der Waals surface area (Å²) in [6.07, 6.45) is 1.63. The maximum Gasteiger partial charge on any atom is 0.326 e. The summed E-state index contributed by atoms with van der Waals surface area (Å²) in [6.45, 7) is 5.33. The van der Waals surface area contributed by atoms with Gasteiger partial charge in [0.1, 0.15) is 12.1 Å². The van der Waals surface area contributed by atoms with E-state index in [1.807, 2.05) is 0 Å². The molecule has 0 spiro atoms. The van der Waals surface area contributed by atoms with Crippen molar-refractivity contribution in [1.82, 2.24) is 4.57 Å². The number of carbonyl (C=O) groups excluding carboxylic acids is 1. The molecule has 1 aromatic rings. The van der Waals surface area contributed by atoms with Crippen molar-refractivity contribution in [1.29, 1.82) is 0 Å². The van der Waals surface area contributed by atoms with Gasteiger partial charge in [-0.25, -0.2) is 0 Å². The summed E-state index contributed by atoms with van der Waals surface area (Å²) in [4.78, 5) is 22.9. The molecule has 0 saturated heterocycles. The highest BCUT2D eigenvalue weighted by atomic mass is 127. The lowest BCUT2D eigenvalue weighted by atomic mass is 10.2. The van der Waals surface area contributed by atoms with Crippen LogP contribution in [0.25, 0.3) is 0 Å². The number of hydrogen-bond acceptors (Lipinski definition) is 3. The van der Waals surface area contributed by atoms with Gasteiger partial charge in [0.05, 0.1) is 0 Å². The molecule has 0 aliphatic carbocycles. The molecule has 0 amide bonds. The minimum Gasteiger partial charge on any atom is -0.459 e. The Hall–Kier alpha value is -0.850. The maximum absolute atomic E-state index is 11.5. The Balaban J connectivity index is 2.77. The van der Waals surface area contributed by atoms with E-state index >= 15 is 0 Å². The van der Waals surface area contributed by atoms with Crippen molar-refractivity contribution in [3.63, 3.8) is 0 Å². The SMILES string of the molecule is CC(C)(C)OC(=O)Cn1cc(I)ccc1=O. The van der Waals surface area contributed by atoms with Gasteiger partial charge < -0.3 is 9.30 Å². The molecule has 0 atom stereocenters. The second kappa shape index (κ2) is 4.99. The van der Waals surface area contributed by atoms with Crippen LogP contribution in [-0.2, 0) is 16.1 Å². The highest BCUT2D eigenvalue weighted by Gasteiger charge is 2.16. The number of nitrogens with zero attached hydrogens (tertiary/aromatic N) is 1. The van der Waals surface area contributed by atoms with Gasteiger partial charge in [-0.3, -0.25) is 9.59 Å². The Morgan fingerprint density at radius 3 is 2.62 bits per heavy atom. The second-order valence-electron chi connectivity index (χ2n) is 4.40. The lowest BCUT2D eigenvalue weighted by Crippen LogP contribution is -2.30. The number of esters is 1. The first kappa shape index (κ1) is 13.2. The van der Waals surface area contributed by atoms with Crippen LogP contribution in [0.4, 0.5) is 0 Å². The van der Waals surface area contributed by atoms with E-state index in [1.165, 1.54) is 10.6 Å². The molecular formula is C11H14INO3. The Morgan fingerprint density at radius 2 is 2.06 bits per heavy atom. The Bertz CT molecular complexity index is 445. The third kappa shape index (κ3) is 4.34. The van der Waals surface area contributed by atoms with E-state index < -0.39 is 11.6 Å². The molecule has 16 heavy (non-hydrogen) atoms. The molecular weight excluding hydrogens is 321 g/mol. The molecule has 0 unspecified atom stereocenters. The molecule has 4 nitrogen and oxygen atoms in total. The van der Waals surface area contributed by atoms with Crippen LogP contribution in [0, 0.1) is 3.57 Å². The molecule has 5 heteroatoms. The smallest absolute Gasteiger partial charge is 0.326 e. The standard InChI is InChI=1S/C11H14INO3/c1-11(2,3)16-10(15)7-13-6-8(12)4-5-9(13)14/h4-6H,7H2,1-3H3. The monoisotopic (exact) mass is 335 g/mol. The van der Waals surface area contributed by atoms with Crippen LogP contribution >= 0.6 is 22.6 Å². The molecule has 1 aromatic heterocycles. The van der Waals surface area contributed by atoms with E-state index in [4.69, 9.17) is 4.74 Å². The summed E-state index contributed by atoms with van der Waals surface area (Å²) in [5, 5.41) is 0. The molecule has 0 bridgehead atoms. The van der Waals surface area contributed by atoms with Gasteiger partial charge in [0.2, 0.25) is 0 Å². The number of hydrogen-bond donors (Lipinski definition) is 0. The van der Waals surface area contributed by atoms with Crippen LogP contribution in [0.1, 0.15) is 20.8 Å². The molecule has 1 heterocycles. The minimum absolute atomic E-state index is 0.0487. The van der Waals surface area contributed by atoms with Crippen LogP contribution in [0.15, 0.2) is 23.1 Å². The minimum atomic E-state index is -0.525. The number of ether oxygens (including phenoxy) is 1. The van der Waals surface area contributed by atoms with Gasteiger partial charge in [-0.05, 0) is 49.4 Å². The van der Waals surface area contributed by atoms with Crippen molar-refractivity contribution in [2.45, 2.75) is 32.9 Å². The van der Waals surface area contributed by atoms with Crippen LogP contribution in [0.2, 0.25) is 0 Å². The van der Waals surface area contributed by atoms with Crippen LogP contribution in [-0.4, -0.2) is 16.1 Å². The first-order valence-electron chi connectivity index (χ1n) is 4.86. The van der Waals surface area contributed by atoms with Crippen molar-refractivity contribution < 1.29 is 9.53 Å². The molecule has 0 N–H and O–H groups in total. The quantitative estimate of drug-likeness (QED) is 0.612. The van der Waals surface area contributed by atoms with E-state index in [-0.39, 0.29) is 12.1 Å². The van der Waals surface area contributed by atoms with E-state index in [1.54, 1.807) is 33.0 Å². The lowest BCUT2D eigenvalue weighted by molar-refractivity contribution is -0.155. The Labute approximate surface area is 108 Å². The first-order valence-corrected chi connectivity index (χ1v) is 5.94. The predicted octanol–water partition coefficient (Wildman–Crippen LogP) is 1.79. The largest absolute Gasteiger partial charge is 0.459 e. The van der Waals surface area contributed by atoms with Gasteiger partial charge >= 0.3 is 5.97 Å². The zero-order valence-electron chi connectivity index (χ0n) is 9.49. The van der Waals surface area contributed by atoms with Gasteiger partial charge in [-0.1, -0.05) is 0 Å². The van der Waals surface area contributed by atoms with Gasteiger partial charge in [0.15, 0.2) is 0 Å². The molecule has 0 aliphatic heterocycles. The summed E-state index contributed by atoms with van der Waals surface area (Å²) in [6, 6.07) is 3.14. The Morgan fingerprint density at radius 1 is 1.44 bits per heavy atom. The number of carbonyl (C=O) groups is 1. The Kier molecular flexibility index (Phi) is 4.12.